The van der Waals surface area contributed by atoms with Gasteiger partial charge in [0.25, 0.3) is 0 Å². The van der Waals surface area contributed by atoms with E-state index in [-0.39, 0.29) is 5.91 Å². The van der Waals surface area contributed by atoms with Crippen molar-refractivity contribution in [2.24, 2.45) is 0 Å². The fourth-order valence-electron chi connectivity index (χ4n) is 3.44. The zero-order chi connectivity index (χ0) is 23.4. The second-order valence-electron chi connectivity index (χ2n) is 7.37. The van der Waals surface area contributed by atoms with Crippen molar-refractivity contribution in [1.29, 1.82) is 0 Å². The van der Waals surface area contributed by atoms with Gasteiger partial charge in [0.1, 0.15) is 27.7 Å². The van der Waals surface area contributed by atoms with Gasteiger partial charge in [0.05, 0.1) is 30.5 Å². The number of amides is 1. The van der Waals surface area contributed by atoms with Gasteiger partial charge in [-0.25, -0.2) is 9.97 Å². The summed E-state index contributed by atoms with van der Waals surface area (Å²) in [6.45, 7) is 4.01. The summed E-state index contributed by atoms with van der Waals surface area (Å²) in [6, 6.07) is 13.9. The zero-order valence-corrected chi connectivity index (χ0v) is 20.5. The molecule has 33 heavy (non-hydrogen) atoms. The van der Waals surface area contributed by atoms with Crippen LogP contribution in [0.3, 0.4) is 0 Å². The first-order chi connectivity index (χ1) is 16.0. The number of carbonyl (C=O) groups is 1. The summed E-state index contributed by atoms with van der Waals surface area (Å²) < 4.78 is 10.6. The van der Waals surface area contributed by atoms with Crippen LogP contribution in [-0.2, 0) is 11.2 Å². The Balaban J connectivity index is 1.60. The summed E-state index contributed by atoms with van der Waals surface area (Å²) in [7, 11) is 3.15. The largest absolute Gasteiger partial charge is 0.497 e. The first-order valence-corrected chi connectivity index (χ1v) is 12.3. The normalized spacial score (nSPS) is 11.9. The van der Waals surface area contributed by atoms with Crippen LogP contribution in [0, 0.1) is 0 Å². The lowest BCUT2D eigenvalue weighted by Gasteiger charge is -2.15. The van der Waals surface area contributed by atoms with E-state index in [0.717, 1.165) is 32.8 Å². The van der Waals surface area contributed by atoms with E-state index in [4.69, 9.17) is 9.47 Å². The Hall–Kier alpha value is -3.10. The Morgan fingerprint density at radius 3 is 2.61 bits per heavy atom. The number of fused-ring (bicyclic) bond motifs is 1. The Labute approximate surface area is 201 Å². The van der Waals surface area contributed by atoms with E-state index in [1.165, 1.54) is 17.3 Å². The minimum Gasteiger partial charge on any atom is -0.497 e. The maximum atomic E-state index is 13.0. The fraction of sp³-hybridized carbons (Fsp3) is 0.240. The van der Waals surface area contributed by atoms with Gasteiger partial charge in [-0.2, -0.15) is 0 Å². The van der Waals surface area contributed by atoms with Gasteiger partial charge in [-0.3, -0.25) is 4.79 Å². The van der Waals surface area contributed by atoms with Gasteiger partial charge in [0.2, 0.25) is 5.91 Å². The highest BCUT2D eigenvalue weighted by molar-refractivity contribution is 8.00. The molecule has 0 saturated heterocycles. The first-order valence-electron chi connectivity index (χ1n) is 10.5. The van der Waals surface area contributed by atoms with Crippen LogP contribution in [0.1, 0.15) is 19.4 Å². The number of benzene rings is 2. The number of hydrogen-bond donors (Lipinski definition) is 1. The van der Waals surface area contributed by atoms with Crippen molar-refractivity contribution < 1.29 is 14.3 Å². The van der Waals surface area contributed by atoms with Gasteiger partial charge in [-0.05, 0) is 36.6 Å². The third-order valence-electron chi connectivity index (χ3n) is 5.33. The van der Waals surface area contributed by atoms with Gasteiger partial charge in [-0.1, -0.05) is 43.0 Å². The molecule has 0 aliphatic carbocycles. The molecule has 170 valence electrons. The zero-order valence-electron chi connectivity index (χ0n) is 18.9. The number of methoxy groups -OCH3 is 2. The lowest BCUT2D eigenvalue weighted by molar-refractivity contribution is -0.115. The topological polar surface area (TPSA) is 73.3 Å². The van der Waals surface area contributed by atoms with Crippen molar-refractivity contribution in [3.8, 4) is 22.6 Å². The van der Waals surface area contributed by atoms with Crippen LogP contribution in [0.15, 0.2) is 59.2 Å². The maximum absolute atomic E-state index is 13.0. The molecule has 4 aromatic rings. The Kier molecular flexibility index (Phi) is 7.15. The summed E-state index contributed by atoms with van der Waals surface area (Å²) in [5.74, 6) is 1.06. The SMILES string of the molecule is CCc1ccc(-c2csc3ncnc(SC(C)C(=O)Nc4cc(OC)ccc4OC)c23)cc1. The second kappa shape index (κ2) is 10.2. The van der Waals surface area contributed by atoms with Crippen molar-refractivity contribution >= 4 is 44.9 Å². The molecule has 0 bridgehead atoms. The molecule has 2 aromatic carbocycles. The van der Waals surface area contributed by atoms with Crippen molar-refractivity contribution in [2.45, 2.75) is 30.5 Å². The summed E-state index contributed by atoms with van der Waals surface area (Å²) in [5.41, 5.74) is 4.06. The third kappa shape index (κ3) is 4.96. The average molecular weight is 480 g/mol. The monoisotopic (exact) mass is 479 g/mol. The second-order valence-corrected chi connectivity index (χ2v) is 9.56. The van der Waals surface area contributed by atoms with Crippen LogP contribution >= 0.6 is 23.1 Å². The van der Waals surface area contributed by atoms with E-state index in [9.17, 15) is 4.79 Å². The Bertz CT molecular complexity index is 1270. The molecule has 0 aliphatic heterocycles. The molecule has 0 fully saturated rings. The van der Waals surface area contributed by atoms with Crippen LogP contribution < -0.4 is 14.8 Å². The van der Waals surface area contributed by atoms with Crippen molar-refractivity contribution in [3.63, 3.8) is 0 Å². The van der Waals surface area contributed by atoms with Gasteiger partial charge in [0, 0.05) is 17.0 Å². The van der Waals surface area contributed by atoms with Crippen molar-refractivity contribution in [3.05, 3.63) is 59.7 Å². The molecule has 1 N–H and O–H groups in total. The molecule has 0 spiro atoms. The molecule has 8 heteroatoms. The highest BCUT2D eigenvalue weighted by Crippen LogP contribution is 2.39. The highest BCUT2D eigenvalue weighted by atomic mass is 32.2. The van der Waals surface area contributed by atoms with E-state index >= 15 is 0 Å². The van der Waals surface area contributed by atoms with E-state index < -0.39 is 5.25 Å². The number of aryl methyl sites for hydroxylation is 1. The number of hydrogen-bond acceptors (Lipinski definition) is 7. The van der Waals surface area contributed by atoms with E-state index in [1.54, 1.807) is 50.1 Å². The molecule has 1 atom stereocenters. The summed E-state index contributed by atoms with van der Waals surface area (Å²) in [6.07, 6.45) is 2.56. The van der Waals surface area contributed by atoms with Crippen LogP contribution in [0.4, 0.5) is 5.69 Å². The van der Waals surface area contributed by atoms with Crippen LogP contribution in [0.2, 0.25) is 0 Å². The third-order valence-corrected chi connectivity index (χ3v) is 7.32. The summed E-state index contributed by atoms with van der Waals surface area (Å²) in [4.78, 5) is 22.9. The molecule has 0 aliphatic rings. The van der Waals surface area contributed by atoms with Gasteiger partial charge < -0.3 is 14.8 Å². The highest BCUT2D eigenvalue weighted by Gasteiger charge is 2.21. The van der Waals surface area contributed by atoms with Gasteiger partial charge in [0.15, 0.2) is 0 Å². The predicted octanol–water partition coefficient (Wildman–Crippen LogP) is 6.06. The summed E-state index contributed by atoms with van der Waals surface area (Å²) in [5, 5.41) is 6.43. The number of thioether (sulfide) groups is 1. The lowest BCUT2D eigenvalue weighted by atomic mass is 10.0. The predicted molar refractivity (Wildman–Crippen MR) is 136 cm³/mol. The smallest absolute Gasteiger partial charge is 0.237 e. The van der Waals surface area contributed by atoms with Crippen LogP contribution in [0.5, 0.6) is 11.5 Å². The molecular formula is C25H25N3O3S2. The van der Waals surface area contributed by atoms with Crippen LogP contribution in [0.25, 0.3) is 21.3 Å². The van der Waals surface area contributed by atoms with E-state index in [2.05, 4.69) is 51.9 Å². The first kappa shape index (κ1) is 23.1. The average Bonchev–Trinajstić information content (AvgIpc) is 3.29. The molecule has 1 unspecified atom stereocenters. The number of anilines is 1. The van der Waals surface area contributed by atoms with Gasteiger partial charge in [-0.15, -0.1) is 11.3 Å². The van der Waals surface area contributed by atoms with E-state index in [0.29, 0.717) is 17.2 Å². The minimum atomic E-state index is -0.394. The summed E-state index contributed by atoms with van der Waals surface area (Å²) >= 11 is 3.00. The number of ether oxygens (including phenoxy) is 2. The molecule has 1 amide bonds. The van der Waals surface area contributed by atoms with E-state index in [1.807, 2.05) is 6.92 Å². The molecule has 2 aromatic heterocycles. The quantitative estimate of drug-likeness (QED) is 0.245. The molecule has 2 heterocycles. The lowest BCUT2D eigenvalue weighted by Crippen LogP contribution is -2.22. The number of carbonyl (C=O) groups excluding carboxylic acids is 1. The number of aromatic nitrogens is 2. The van der Waals surface area contributed by atoms with Crippen LogP contribution in [-0.4, -0.2) is 35.3 Å². The molecule has 0 saturated carbocycles. The standard InChI is InChI=1S/C25H25N3O3S2/c1-5-16-6-8-17(9-7-16)19-13-32-24-22(19)25(27-14-26-24)33-15(2)23(29)28-20-12-18(30-3)10-11-21(20)31-4/h6-15H,5H2,1-4H3,(H,28,29). The number of nitrogens with zero attached hydrogens (tertiary/aromatic N) is 2. The molecular weight excluding hydrogens is 454 g/mol. The number of rotatable bonds is 8. The van der Waals surface area contributed by atoms with Crippen molar-refractivity contribution in [2.75, 3.05) is 19.5 Å². The molecule has 4 rings (SSSR count). The van der Waals surface area contributed by atoms with Gasteiger partial charge >= 0.3 is 0 Å². The van der Waals surface area contributed by atoms with Crippen molar-refractivity contribution in [1.82, 2.24) is 9.97 Å². The fourth-order valence-corrected chi connectivity index (χ4v) is 5.35. The molecule has 0 radical (unpaired) electrons. The Morgan fingerprint density at radius 2 is 1.91 bits per heavy atom. The molecule has 6 nitrogen and oxygen atoms in total. The maximum Gasteiger partial charge on any atom is 0.237 e. The number of nitrogens with one attached hydrogen (secondary N) is 1. The minimum absolute atomic E-state index is 0.151. The number of thiophene rings is 1. The Morgan fingerprint density at radius 1 is 1.12 bits per heavy atom.